The molecule has 13 heteroatoms. The zero-order chi connectivity index (χ0) is 18.3. The van der Waals surface area contributed by atoms with Crippen molar-refractivity contribution < 1.29 is 52.1 Å². The van der Waals surface area contributed by atoms with Gasteiger partial charge in [0, 0.05) is 0 Å². The van der Waals surface area contributed by atoms with E-state index in [4.69, 9.17) is 0 Å². The molecule has 0 fully saturated rings. The monoisotopic (exact) mass is 376 g/mol. The van der Waals surface area contributed by atoms with Crippen molar-refractivity contribution in [2.75, 3.05) is 0 Å². The van der Waals surface area contributed by atoms with E-state index < -0.39 is 39.1 Å². The van der Waals surface area contributed by atoms with Crippen LogP contribution in [0.15, 0.2) is 35.2 Å². The molecule has 0 saturated carbocycles. The van der Waals surface area contributed by atoms with Crippen LogP contribution in [-0.2, 0) is 14.3 Å². The molecule has 1 aromatic rings. The largest absolute Gasteiger partial charge is 0.437 e. The summed E-state index contributed by atoms with van der Waals surface area (Å²) in [6.45, 7) is 0. The first-order chi connectivity index (χ1) is 10.1. The molecule has 3 nitrogen and oxygen atoms in total. The second-order valence-electron chi connectivity index (χ2n) is 4.02. The molecule has 0 heterocycles. The predicted molar refractivity (Wildman–Crippen MR) is 55.6 cm³/mol. The highest BCUT2D eigenvalue weighted by Gasteiger charge is 2.87. The maximum Gasteiger partial charge on any atom is 0.437 e. The lowest BCUT2D eigenvalue weighted by Crippen LogP contribution is -2.68. The third-order valence-corrected chi connectivity index (χ3v) is 3.78. The van der Waals surface area contributed by atoms with Crippen molar-refractivity contribution in [2.24, 2.45) is 0 Å². The van der Waals surface area contributed by atoms with Crippen LogP contribution in [0, 0.1) is 0 Å². The van der Waals surface area contributed by atoms with Gasteiger partial charge < -0.3 is 0 Å². The van der Waals surface area contributed by atoms with Crippen molar-refractivity contribution >= 4 is 10.1 Å². The fourth-order valence-corrected chi connectivity index (χ4v) is 2.62. The zero-order valence-electron chi connectivity index (χ0n) is 10.4. The topological polar surface area (TPSA) is 43.4 Å². The van der Waals surface area contributed by atoms with Gasteiger partial charge in [-0.1, -0.05) is 18.2 Å². The van der Waals surface area contributed by atoms with E-state index in [0.29, 0.717) is 12.1 Å². The maximum absolute atomic E-state index is 12.6. The Morgan fingerprint density at radius 2 is 1.04 bits per heavy atom. The number of halogens is 9. The lowest BCUT2D eigenvalue weighted by Gasteiger charge is -2.37. The highest BCUT2D eigenvalue weighted by atomic mass is 32.2. The number of benzene rings is 1. The molecule has 0 spiro atoms. The van der Waals surface area contributed by atoms with E-state index in [9.17, 15) is 47.9 Å². The molecule has 0 amide bonds. The van der Waals surface area contributed by atoms with Crippen LogP contribution >= 0.6 is 0 Å². The zero-order valence-corrected chi connectivity index (χ0v) is 11.2. The molecule has 132 valence electrons. The van der Waals surface area contributed by atoms with E-state index in [1.165, 1.54) is 0 Å². The van der Waals surface area contributed by atoms with Crippen LogP contribution in [0.3, 0.4) is 0 Å². The van der Waals surface area contributed by atoms with Gasteiger partial charge in [0.15, 0.2) is 0 Å². The van der Waals surface area contributed by atoms with E-state index in [1.54, 1.807) is 0 Å². The van der Waals surface area contributed by atoms with E-state index in [2.05, 4.69) is 4.18 Å². The standard InChI is InChI=1S/C10H5F9O3S/c11-8(12,13)7(9(14,15)16,10(17,18)19)22-23(20,21)6-4-2-1-3-5-6/h1-5H. The minimum atomic E-state index is -7.13. The molecule has 0 aliphatic rings. The Kier molecular flexibility index (Phi) is 4.71. The number of rotatable bonds is 3. The van der Waals surface area contributed by atoms with E-state index in [-0.39, 0.29) is 0 Å². The predicted octanol–water partition coefficient (Wildman–Crippen LogP) is 3.82. The highest BCUT2D eigenvalue weighted by molar-refractivity contribution is 7.86. The normalized spacial score (nSPS) is 14.8. The van der Waals surface area contributed by atoms with E-state index >= 15 is 0 Å². The Morgan fingerprint density at radius 3 is 1.35 bits per heavy atom. The molecule has 0 bridgehead atoms. The number of alkyl halides is 9. The first-order valence-corrected chi connectivity index (χ1v) is 6.68. The number of hydrogen-bond donors (Lipinski definition) is 0. The van der Waals surface area contributed by atoms with Gasteiger partial charge in [0.25, 0.3) is 10.1 Å². The van der Waals surface area contributed by atoms with Crippen LogP contribution in [0.2, 0.25) is 0 Å². The SMILES string of the molecule is O=S(=O)(OC(C(F)(F)F)(C(F)(F)F)C(F)(F)F)c1ccccc1. The Labute approximate surface area is 122 Å². The molecule has 23 heavy (non-hydrogen) atoms. The maximum atomic E-state index is 12.6. The van der Waals surface area contributed by atoms with Crippen molar-refractivity contribution in [2.45, 2.75) is 29.0 Å². The summed E-state index contributed by atoms with van der Waals surface area (Å²) in [5.74, 6) is 0. The lowest BCUT2D eigenvalue weighted by atomic mass is 10.0. The minimum Gasteiger partial charge on any atom is -0.231 e. The van der Waals surface area contributed by atoms with Crippen LogP contribution in [0.25, 0.3) is 0 Å². The van der Waals surface area contributed by atoms with Crippen molar-refractivity contribution in [3.63, 3.8) is 0 Å². The summed E-state index contributed by atoms with van der Waals surface area (Å²) in [6.07, 6.45) is -21.4. The Morgan fingerprint density at radius 1 is 0.696 bits per heavy atom. The van der Waals surface area contributed by atoms with Crippen molar-refractivity contribution in [3.05, 3.63) is 30.3 Å². The molecule has 0 unspecified atom stereocenters. The molecular formula is C10H5F9O3S. The van der Waals surface area contributed by atoms with Gasteiger partial charge in [-0.15, -0.1) is 0 Å². The summed E-state index contributed by atoms with van der Waals surface area (Å²) in [6, 6.07) is 3.81. The summed E-state index contributed by atoms with van der Waals surface area (Å²) < 4.78 is 139. The van der Waals surface area contributed by atoms with Gasteiger partial charge in [-0.05, 0) is 12.1 Å². The first kappa shape index (κ1) is 19.5. The molecule has 0 radical (unpaired) electrons. The second-order valence-corrected chi connectivity index (χ2v) is 5.57. The summed E-state index contributed by atoms with van der Waals surface area (Å²) in [7, 11) is -6.03. The van der Waals surface area contributed by atoms with Crippen molar-refractivity contribution in [1.82, 2.24) is 0 Å². The van der Waals surface area contributed by atoms with Gasteiger partial charge in [-0.2, -0.15) is 47.9 Å². The van der Waals surface area contributed by atoms with Gasteiger partial charge in [-0.3, -0.25) is 0 Å². The summed E-state index contributed by atoms with van der Waals surface area (Å²) >= 11 is 0. The fourth-order valence-electron chi connectivity index (χ4n) is 1.42. The third-order valence-electron chi connectivity index (χ3n) is 2.46. The molecule has 0 atom stereocenters. The third kappa shape index (κ3) is 3.39. The molecule has 0 aliphatic heterocycles. The Balaban J connectivity index is 3.62. The first-order valence-electron chi connectivity index (χ1n) is 5.27. The van der Waals surface area contributed by atoms with Crippen LogP contribution < -0.4 is 0 Å². The molecule has 0 aliphatic carbocycles. The number of hydrogen-bond acceptors (Lipinski definition) is 3. The smallest absolute Gasteiger partial charge is 0.231 e. The lowest BCUT2D eigenvalue weighted by molar-refractivity contribution is -0.436. The van der Waals surface area contributed by atoms with E-state index in [1.807, 2.05) is 0 Å². The molecule has 0 N–H and O–H groups in total. The van der Waals surface area contributed by atoms with Crippen LogP contribution in [0.1, 0.15) is 0 Å². The Hall–Kier alpha value is -1.50. The van der Waals surface area contributed by atoms with Crippen molar-refractivity contribution in [3.8, 4) is 0 Å². The summed E-state index contributed by atoms with van der Waals surface area (Å²) in [5.41, 5.74) is -6.89. The van der Waals surface area contributed by atoms with Gasteiger partial charge in [-0.25, -0.2) is 4.18 Å². The molecular weight excluding hydrogens is 371 g/mol. The Bertz CT molecular complexity index is 607. The quantitative estimate of drug-likeness (QED) is 0.595. The fraction of sp³-hybridized carbons (Fsp3) is 0.400. The average molecular weight is 376 g/mol. The summed E-state index contributed by atoms with van der Waals surface area (Å²) in [5, 5.41) is 0. The summed E-state index contributed by atoms with van der Waals surface area (Å²) in [4.78, 5) is -1.30. The van der Waals surface area contributed by atoms with Crippen LogP contribution in [0.5, 0.6) is 0 Å². The molecule has 0 saturated heterocycles. The van der Waals surface area contributed by atoms with Crippen molar-refractivity contribution in [1.29, 1.82) is 0 Å². The molecule has 1 aromatic carbocycles. The molecule has 0 aromatic heterocycles. The average Bonchev–Trinajstić information content (AvgIpc) is 2.32. The van der Waals surface area contributed by atoms with Gasteiger partial charge in [0.05, 0.1) is 4.90 Å². The minimum absolute atomic E-state index is 0.475. The molecule has 1 rings (SSSR count). The van der Waals surface area contributed by atoms with E-state index in [0.717, 1.165) is 18.2 Å². The second kappa shape index (κ2) is 5.54. The van der Waals surface area contributed by atoms with Gasteiger partial charge in [0.1, 0.15) is 0 Å². The van der Waals surface area contributed by atoms with Gasteiger partial charge >= 0.3 is 24.1 Å². The van der Waals surface area contributed by atoms with Gasteiger partial charge in [0.2, 0.25) is 0 Å². The van der Waals surface area contributed by atoms with Crippen LogP contribution in [0.4, 0.5) is 39.5 Å². The highest BCUT2D eigenvalue weighted by Crippen LogP contribution is 2.55. The van der Waals surface area contributed by atoms with Crippen LogP contribution in [-0.4, -0.2) is 32.5 Å².